The van der Waals surface area contributed by atoms with Crippen molar-refractivity contribution < 1.29 is 14.3 Å². The van der Waals surface area contributed by atoms with Gasteiger partial charge in [0, 0.05) is 11.8 Å². The third-order valence-electron chi connectivity index (χ3n) is 2.39. The third kappa shape index (κ3) is 2.31. The van der Waals surface area contributed by atoms with Crippen LogP contribution in [0.5, 0.6) is 0 Å². The molecule has 0 aliphatic rings. The molecule has 92 valence electrons. The Bertz CT molecular complexity index is 631. The highest BCUT2D eigenvalue weighted by atomic mass is 35.5. The number of nitrogens with zero attached hydrogens (tertiary/aromatic N) is 2. The zero-order chi connectivity index (χ0) is 13.3. The fourth-order valence-corrected chi connectivity index (χ4v) is 1.63. The van der Waals surface area contributed by atoms with Crippen molar-refractivity contribution in [1.29, 1.82) is 0 Å². The van der Waals surface area contributed by atoms with E-state index in [0.29, 0.717) is 17.1 Å². The predicted molar refractivity (Wildman–Crippen MR) is 64.1 cm³/mol. The van der Waals surface area contributed by atoms with E-state index in [4.69, 9.17) is 16.7 Å². The molecule has 0 amide bonds. The monoisotopic (exact) mass is 266 g/mol. The zero-order valence-corrected chi connectivity index (χ0v) is 10.1. The highest BCUT2D eigenvalue weighted by Crippen LogP contribution is 2.22. The first-order valence-corrected chi connectivity index (χ1v) is 5.39. The summed E-state index contributed by atoms with van der Waals surface area (Å²) < 4.78 is 13.0. The largest absolute Gasteiger partial charge is 0.478 e. The minimum atomic E-state index is -1.09. The Kier molecular flexibility index (Phi) is 3.25. The lowest BCUT2D eigenvalue weighted by Crippen LogP contribution is -2.04. The van der Waals surface area contributed by atoms with Crippen molar-refractivity contribution in [2.24, 2.45) is 0 Å². The van der Waals surface area contributed by atoms with Crippen molar-refractivity contribution >= 4 is 17.6 Å². The Balaban J connectivity index is 2.48. The van der Waals surface area contributed by atoms with Gasteiger partial charge in [0.1, 0.15) is 5.82 Å². The molecule has 0 aliphatic heterocycles. The van der Waals surface area contributed by atoms with Crippen molar-refractivity contribution in [3.63, 3.8) is 0 Å². The van der Waals surface area contributed by atoms with Gasteiger partial charge in [-0.1, -0.05) is 11.6 Å². The van der Waals surface area contributed by atoms with Gasteiger partial charge in [-0.3, -0.25) is 0 Å². The highest BCUT2D eigenvalue weighted by molar-refractivity contribution is 6.31. The van der Waals surface area contributed by atoms with E-state index in [1.807, 2.05) is 0 Å². The first-order chi connectivity index (χ1) is 8.49. The number of carboxylic acid groups (broad SMARTS) is 1. The number of carbonyl (C=O) groups is 1. The molecule has 0 saturated heterocycles. The molecule has 1 aromatic carbocycles. The van der Waals surface area contributed by atoms with E-state index in [9.17, 15) is 9.18 Å². The van der Waals surface area contributed by atoms with Gasteiger partial charge in [0.25, 0.3) is 0 Å². The molecular weight excluding hydrogens is 259 g/mol. The molecule has 0 fully saturated rings. The number of benzene rings is 1. The van der Waals surface area contributed by atoms with Crippen LogP contribution in [0.2, 0.25) is 5.02 Å². The van der Waals surface area contributed by atoms with Crippen LogP contribution < -0.4 is 0 Å². The van der Waals surface area contributed by atoms with Crippen molar-refractivity contribution in [2.75, 3.05) is 0 Å². The van der Waals surface area contributed by atoms with Crippen LogP contribution in [0.1, 0.15) is 16.1 Å². The van der Waals surface area contributed by atoms with Crippen LogP contribution in [-0.2, 0) is 0 Å². The molecule has 2 rings (SSSR count). The molecule has 0 radical (unpaired) electrons. The standard InChI is InChI=1S/C12H8ClFN2O2/c1-6-8(12(17)18)5-15-11(16-6)7-2-3-10(14)9(13)4-7/h2-5H,1H3,(H,17,18). The summed E-state index contributed by atoms with van der Waals surface area (Å²) >= 11 is 5.66. The van der Waals surface area contributed by atoms with Crippen LogP contribution in [0.3, 0.4) is 0 Å². The summed E-state index contributed by atoms with van der Waals surface area (Å²) in [6.07, 6.45) is 1.22. The first-order valence-electron chi connectivity index (χ1n) is 5.01. The maximum Gasteiger partial charge on any atom is 0.339 e. The lowest BCUT2D eigenvalue weighted by Gasteiger charge is -2.04. The van der Waals surface area contributed by atoms with E-state index in [2.05, 4.69) is 9.97 Å². The van der Waals surface area contributed by atoms with Crippen LogP contribution >= 0.6 is 11.6 Å². The fraction of sp³-hybridized carbons (Fsp3) is 0.0833. The van der Waals surface area contributed by atoms with Gasteiger partial charge in [-0.25, -0.2) is 19.2 Å². The second-order valence-electron chi connectivity index (χ2n) is 3.63. The van der Waals surface area contributed by atoms with Gasteiger partial charge >= 0.3 is 5.97 Å². The topological polar surface area (TPSA) is 63.1 Å². The summed E-state index contributed by atoms with van der Waals surface area (Å²) in [5.41, 5.74) is 0.904. The summed E-state index contributed by atoms with van der Waals surface area (Å²) in [6.45, 7) is 1.57. The fourth-order valence-electron chi connectivity index (χ4n) is 1.45. The van der Waals surface area contributed by atoms with E-state index in [0.717, 1.165) is 0 Å². The molecule has 6 heteroatoms. The van der Waals surface area contributed by atoms with Crippen molar-refractivity contribution in [2.45, 2.75) is 6.92 Å². The van der Waals surface area contributed by atoms with Gasteiger partial charge in [-0.15, -0.1) is 0 Å². The molecule has 0 atom stereocenters. The SMILES string of the molecule is Cc1nc(-c2ccc(F)c(Cl)c2)ncc1C(=O)O. The number of rotatable bonds is 2. The average Bonchev–Trinajstić information content (AvgIpc) is 2.32. The second-order valence-corrected chi connectivity index (χ2v) is 4.03. The zero-order valence-electron chi connectivity index (χ0n) is 9.32. The van der Waals surface area contributed by atoms with E-state index < -0.39 is 11.8 Å². The molecule has 1 N–H and O–H groups in total. The quantitative estimate of drug-likeness (QED) is 0.908. The van der Waals surface area contributed by atoms with Crippen LogP contribution in [0, 0.1) is 12.7 Å². The minimum Gasteiger partial charge on any atom is -0.478 e. The van der Waals surface area contributed by atoms with Crippen LogP contribution in [-0.4, -0.2) is 21.0 Å². The van der Waals surface area contributed by atoms with Gasteiger partial charge in [-0.05, 0) is 25.1 Å². The molecule has 0 unspecified atom stereocenters. The molecule has 1 heterocycles. The molecule has 0 aliphatic carbocycles. The van der Waals surface area contributed by atoms with Gasteiger partial charge < -0.3 is 5.11 Å². The Morgan fingerprint density at radius 1 is 1.44 bits per heavy atom. The van der Waals surface area contributed by atoms with Gasteiger partial charge in [0.05, 0.1) is 16.3 Å². The summed E-state index contributed by atoms with van der Waals surface area (Å²) in [6, 6.07) is 4.09. The Morgan fingerprint density at radius 2 is 2.17 bits per heavy atom. The maximum atomic E-state index is 13.0. The molecule has 0 bridgehead atoms. The number of hydrogen-bond donors (Lipinski definition) is 1. The molecule has 0 saturated carbocycles. The van der Waals surface area contributed by atoms with Crippen LogP contribution in [0.15, 0.2) is 24.4 Å². The first kappa shape index (κ1) is 12.4. The summed E-state index contributed by atoms with van der Waals surface area (Å²) in [7, 11) is 0. The van der Waals surface area contributed by atoms with E-state index in [1.54, 1.807) is 6.92 Å². The lowest BCUT2D eigenvalue weighted by atomic mass is 10.2. The van der Waals surface area contributed by atoms with Gasteiger partial charge in [0.2, 0.25) is 0 Å². The molecule has 4 nitrogen and oxygen atoms in total. The number of hydrogen-bond acceptors (Lipinski definition) is 3. The smallest absolute Gasteiger partial charge is 0.339 e. The highest BCUT2D eigenvalue weighted by Gasteiger charge is 2.11. The van der Waals surface area contributed by atoms with E-state index in [-0.39, 0.29) is 10.6 Å². The lowest BCUT2D eigenvalue weighted by molar-refractivity contribution is 0.0695. The van der Waals surface area contributed by atoms with Crippen molar-refractivity contribution in [3.8, 4) is 11.4 Å². The van der Waals surface area contributed by atoms with E-state index in [1.165, 1.54) is 24.4 Å². The Hall–Kier alpha value is -2.01. The Labute approximate surface area is 107 Å². The molecule has 18 heavy (non-hydrogen) atoms. The predicted octanol–water partition coefficient (Wildman–Crippen LogP) is 2.94. The maximum absolute atomic E-state index is 13.0. The number of halogens is 2. The van der Waals surface area contributed by atoms with Crippen LogP contribution in [0.25, 0.3) is 11.4 Å². The van der Waals surface area contributed by atoms with Gasteiger partial charge in [-0.2, -0.15) is 0 Å². The second kappa shape index (κ2) is 4.70. The molecule has 1 aromatic heterocycles. The number of carboxylic acids is 1. The number of aromatic carboxylic acids is 1. The van der Waals surface area contributed by atoms with Crippen molar-refractivity contribution in [1.82, 2.24) is 9.97 Å². The molecule has 2 aromatic rings. The summed E-state index contributed by atoms with van der Waals surface area (Å²) in [4.78, 5) is 18.8. The van der Waals surface area contributed by atoms with Crippen molar-refractivity contribution in [3.05, 3.63) is 46.5 Å². The molecule has 0 spiro atoms. The average molecular weight is 267 g/mol. The van der Waals surface area contributed by atoms with Crippen LogP contribution in [0.4, 0.5) is 4.39 Å². The van der Waals surface area contributed by atoms with E-state index >= 15 is 0 Å². The number of aryl methyl sites for hydroxylation is 1. The molecular formula is C12H8ClFN2O2. The minimum absolute atomic E-state index is 0.0314. The summed E-state index contributed by atoms with van der Waals surface area (Å²) in [5.74, 6) is -1.31. The normalized spacial score (nSPS) is 10.4. The Morgan fingerprint density at radius 3 is 2.72 bits per heavy atom. The third-order valence-corrected chi connectivity index (χ3v) is 2.68. The van der Waals surface area contributed by atoms with Gasteiger partial charge in [0.15, 0.2) is 5.82 Å². The number of aromatic nitrogens is 2. The summed E-state index contributed by atoms with van der Waals surface area (Å²) in [5, 5.41) is 8.83.